The monoisotopic (exact) mass is 186 g/mol. The van der Waals surface area contributed by atoms with E-state index in [1.165, 1.54) is 25.7 Å². The van der Waals surface area contributed by atoms with E-state index in [1.54, 1.807) is 0 Å². The summed E-state index contributed by atoms with van der Waals surface area (Å²) in [5.74, 6) is 0.964. The van der Waals surface area contributed by atoms with E-state index in [2.05, 4.69) is 39.5 Å². The number of hydrogen-bond acceptors (Lipinski definition) is 1. The van der Waals surface area contributed by atoms with Gasteiger partial charge in [0.15, 0.2) is 0 Å². The summed E-state index contributed by atoms with van der Waals surface area (Å²) in [6.07, 6.45) is 5.62. The normalized spacial score (nSPS) is 38.5. The first-order valence-corrected chi connectivity index (χ1v) is 6.11. The molecule has 0 aromatic heterocycles. The molecule has 0 aliphatic heterocycles. The number of hydrogen-bond donors (Lipinski definition) is 0. The Balaban J connectivity index is 2.39. The van der Waals surface area contributed by atoms with Gasteiger partial charge in [0.2, 0.25) is 0 Å². The Morgan fingerprint density at radius 2 is 2.25 bits per heavy atom. The van der Waals surface area contributed by atoms with Crippen LogP contribution < -0.4 is 0 Å². The molecule has 0 aromatic rings. The van der Waals surface area contributed by atoms with Crippen molar-refractivity contribution >= 4 is 11.8 Å². The minimum absolute atomic E-state index is 0.606. The summed E-state index contributed by atoms with van der Waals surface area (Å²) in [6.45, 7) is 9.49. The zero-order valence-corrected chi connectivity index (χ0v) is 9.71. The first kappa shape index (κ1) is 10.4. The summed E-state index contributed by atoms with van der Waals surface area (Å²) >= 11 is 2.21. The molecule has 0 radical (unpaired) electrons. The lowest BCUT2D eigenvalue weighted by molar-refractivity contribution is 0.582. The highest BCUT2D eigenvalue weighted by molar-refractivity contribution is 8.01. The lowest BCUT2D eigenvalue weighted by atomic mass is 10.1. The van der Waals surface area contributed by atoms with E-state index in [1.807, 2.05) is 0 Å². The van der Waals surface area contributed by atoms with Crippen LogP contribution >= 0.6 is 11.8 Å². The highest BCUT2D eigenvalue weighted by atomic mass is 32.2. The van der Waals surface area contributed by atoms with Crippen molar-refractivity contribution in [3.05, 3.63) is 0 Å². The first-order valence-electron chi connectivity index (χ1n) is 5.23. The molecule has 0 N–H and O–H groups in total. The average Bonchev–Trinajstić information content (AvgIpc) is 2.30. The van der Waals surface area contributed by atoms with Crippen molar-refractivity contribution in [1.82, 2.24) is 0 Å². The van der Waals surface area contributed by atoms with E-state index in [9.17, 15) is 0 Å². The lowest BCUT2D eigenvalue weighted by Crippen LogP contribution is -2.18. The molecule has 0 amide bonds. The van der Waals surface area contributed by atoms with E-state index in [0.29, 0.717) is 4.75 Å². The fraction of sp³-hybridized carbons (Fsp3) is 1.00. The van der Waals surface area contributed by atoms with Crippen LogP contribution in [0.5, 0.6) is 0 Å². The SMILES string of the molecule is CCC(C)SC1(C)CCC(C)C1. The maximum atomic E-state index is 2.45. The maximum absolute atomic E-state index is 2.45. The molecular weight excluding hydrogens is 164 g/mol. The van der Waals surface area contributed by atoms with Crippen LogP contribution in [0.25, 0.3) is 0 Å². The molecule has 1 fully saturated rings. The van der Waals surface area contributed by atoms with Crippen LogP contribution in [0.4, 0.5) is 0 Å². The summed E-state index contributed by atoms with van der Waals surface area (Å²) in [7, 11) is 0. The Kier molecular flexibility index (Phi) is 3.51. The molecule has 72 valence electrons. The van der Waals surface area contributed by atoms with Gasteiger partial charge in [0.05, 0.1) is 0 Å². The molecule has 1 aliphatic rings. The summed E-state index contributed by atoms with van der Waals surface area (Å²) in [5.41, 5.74) is 0. The van der Waals surface area contributed by atoms with Gasteiger partial charge in [0.1, 0.15) is 0 Å². The second kappa shape index (κ2) is 4.04. The Morgan fingerprint density at radius 3 is 2.67 bits per heavy atom. The van der Waals surface area contributed by atoms with Crippen molar-refractivity contribution < 1.29 is 0 Å². The summed E-state index contributed by atoms with van der Waals surface area (Å²) in [6, 6.07) is 0. The summed E-state index contributed by atoms with van der Waals surface area (Å²) in [4.78, 5) is 0. The molecule has 0 bridgehead atoms. The van der Waals surface area contributed by atoms with Gasteiger partial charge in [0.25, 0.3) is 0 Å². The predicted molar refractivity (Wildman–Crippen MR) is 58.8 cm³/mol. The van der Waals surface area contributed by atoms with Crippen molar-refractivity contribution in [1.29, 1.82) is 0 Å². The molecule has 12 heavy (non-hydrogen) atoms. The van der Waals surface area contributed by atoms with Crippen molar-refractivity contribution in [2.45, 2.75) is 63.4 Å². The smallest absolute Gasteiger partial charge is 0.0137 e. The van der Waals surface area contributed by atoms with Crippen LogP contribution in [-0.2, 0) is 0 Å². The van der Waals surface area contributed by atoms with Crippen LogP contribution in [0.1, 0.15) is 53.4 Å². The molecule has 3 unspecified atom stereocenters. The fourth-order valence-electron chi connectivity index (χ4n) is 2.17. The summed E-state index contributed by atoms with van der Waals surface area (Å²) < 4.78 is 0.606. The van der Waals surface area contributed by atoms with Gasteiger partial charge in [-0.25, -0.2) is 0 Å². The molecule has 3 atom stereocenters. The van der Waals surface area contributed by atoms with E-state index < -0.39 is 0 Å². The van der Waals surface area contributed by atoms with Gasteiger partial charge in [-0.1, -0.05) is 27.7 Å². The van der Waals surface area contributed by atoms with Crippen molar-refractivity contribution in [3.8, 4) is 0 Å². The van der Waals surface area contributed by atoms with Crippen LogP contribution in [0.15, 0.2) is 0 Å². The van der Waals surface area contributed by atoms with Gasteiger partial charge in [-0.05, 0) is 31.6 Å². The van der Waals surface area contributed by atoms with Crippen LogP contribution in [0.3, 0.4) is 0 Å². The lowest BCUT2D eigenvalue weighted by Gasteiger charge is -2.26. The van der Waals surface area contributed by atoms with Gasteiger partial charge in [0, 0.05) is 10.00 Å². The Morgan fingerprint density at radius 1 is 1.58 bits per heavy atom. The van der Waals surface area contributed by atoms with E-state index in [-0.39, 0.29) is 0 Å². The molecular formula is C11H22S. The van der Waals surface area contributed by atoms with Gasteiger partial charge in [-0.15, -0.1) is 0 Å². The van der Waals surface area contributed by atoms with Gasteiger partial charge in [-0.3, -0.25) is 0 Å². The molecule has 1 saturated carbocycles. The van der Waals surface area contributed by atoms with Gasteiger partial charge >= 0.3 is 0 Å². The fourth-order valence-corrected chi connectivity index (χ4v) is 3.92. The van der Waals surface area contributed by atoms with Gasteiger partial charge in [-0.2, -0.15) is 11.8 Å². The first-order chi connectivity index (χ1) is 5.56. The second-order valence-corrected chi connectivity index (χ2v) is 6.66. The molecule has 0 saturated heterocycles. The Hall–Kier alpha value is 0.350. The molecule has 0 heterocycles. The summed E-state index contributed by atoms with van der Waals surface area (Å²) in [5, 5.41) is 0.847. The molecule has 1 heteroatoms. The van der Waals surface area contributed by atoms with Crippen LogP contribution in [0, 0.1) is 5.92 Å². The number of rotatable bonds is 3. The third-order valence-electron chi connectivity index (χ3n) is 3.01. The minimum Gasteiger partial charge on any atom is -0.152 e. The molecule has 0 spiro atoms. The highest BCUT2D eigenvalue weighted by Gasteiger charge is 2.34. The number of thioether (sulfide) groups is 1. The quantitative estimate of drug-likeness (QED) is 0.639. The van der Waals surface area contributed by atoms with Crippen LogP contribution in [-0.4, -0.2) is 10.00 Å². The Labute approximate surface area is 81.5 Å². The third kappa shape index (κ3) is 2.69. The van der Waals surface area contributed by atoms with Gasteiger partial charge < -0.3 is 0 Å². The third-order valence-corrected chi connectivity index (χ3v) is 4.68. The Bertz CT molecular complexity index is 144. The van der Waals surface area contributed by atoms with Crippen molar-refractivity contribution in [3.63, 3.8) is 0 Å². The van der Waals surface area contributed by atoms with E-state index in [4.69, 9.17) is 0 Å². The average molecular weight is 186 g/mol. The molecule has 1 rings (SSSR count). The standard InChI is InChI=1S/C11H22S/c1-5-10(3)12-11(4)7-6-9(2)8-11/h9-10H,5-8H2,1-4H3. The molecule has 0 nitrogen and oxygen atoms in total. The van der Waals surface area contributed by atoms with Crippen molar-refractivity contribution in [2.24, 2.45) is 5.92 Å². The van der Waals surface area contributed by atoms with Crippen LogP contribution in [0.2, 0.25) is 0 Å². The zero-order chi connectivity index (χ0) is 9.19. The predicted octanol–water partition coefficient (Wildman–Crippen LogP) is 4.10. The molecule has 0 aromatic carbocycles. The van der Waals surface area contributed by atoms with Crippen molar-refractivity contribution in [2.75, 3.05) is 0 Å². The van der Waals surface area contributed by atoms with E-state index in [0.717, 1.165) is 11.2 Å². The zero-order valence-electron chi connectivity index (χ0n) is 8.89. The topological polar surface area (TPSA) is 0 Å². The highest BCUT2D eigenvalue weighted by Crippen LogP contribution is 2.46. The molecule has 1 aliphatic carbocycles. The second-order valence-electron chi connectivity index (χ2n) is 4.63. The maximum Gasteiger partial charge on any atom is 0.0137 e. The van der Waals surface area contributed by atoms with E-state index >= 15 is 0 Å². The minimum atomic E-state index is 0.606. The largest absolute Gasteiger partial charge is 0.152 e.